The number of ether oxygens (including phenoxy) is 1. The van der Waals surface area contributed by atoms with Crippen molar-refractivity contribution in [1.29, 1.82) is 0 Å². The number of amides is 1. The fourth-order valence-corrected chi connectivity index (χ4v) is 2.50. The number of carbonyl (C=O) groups excluding carboxylic acids is 1. The van der Waals surface area contributed by atoms with Crippen molar-refractivity contribution in [2.45, 2.75) is 25.8 Å². The summed E-state index contributed by atoms with van der Waals surface area (Å²) in [6.45, 7) is 1.93. The van der Waals surface area contributed by atoms with E-state index >= 15 is 0 Å². The molecule has 0 spiro atoms. The molecule has 18 heavy (non-hydrogen) atoms. The van der Waals surface area contributed by atoms with Crippen LogP contribution >= 0.6 is 0 Å². The second kappa shape index (κ2) is 6.70. The fourth-order valence-electron chi connectivity index (χ4n) is 2.50. The zero-order chi connectivity index (χ0) is 13.7. The van der Waals surface area contributed by atoms with E-state index in [4.69, 9.17) is 14.9 Å². The maximum atomic E-state index is 12.0. The van der Waals surface area contributed by atoms with Crippen LogP contribution in [-0.4, -0.2) is 48.5 Å². The molecule has 0 aromatic carbocycles. The SMILES string of the molecule is COCC(CO)NC(=O)[C@H]1CC(C)C[C@H]1C(=O)O. The smallest absolute Gasteiger partial charge is 0.307 e. The monoisotopic (exact) mass is 259 g/mol. The highest BCUT2D eigenvalue weighted by atomic mass is 16.5. The minimum Gasteiger partial charge on any atom is -0.481 e. The molecule has 4 atom stereocenters. The predicted molar refractivity (Wildman–Crippen MR) is 63.9 cm³/mol. The highest BCUT2D eigenvalue weighted by Crippen LogP contribution is 2.36. The van der Waals surface area contributed by atoms with Crippen molar-refractivity contribution in [2.75, 3.05) is 20.3 Å². The van der Waals surface area contributed by atoms with Gasteiger partial charge in [0, 0.05) is 7.11 Å². The number of carboxylic acids is 1. The normalized spacial score (nSPS) is 28.9. The minimum absolute atomic E-state index is 0.211. The Balaban J connectivity index is 2.61. The molecule has 1 rings (SSSR count). The number of carboxylic acid groups (broad SMARTS) is 1. The fraction of sp³-hybridized carbons (Fsp3) is 0.833. The quantitative estimate of drug-likeness (QED) is 0.617. The first-order valence-electron chi connectivity index (χ1n) is 6.12. The number of aliphatic hydroxyl groups is 1. The largest absolute Gasteiger partial charge is 0.481 e. The lowest BCUT2D eigenvalue weighted by Crippen LogP contribution is -2.45. The summed E-state index contributed by atoms with van der Waals surface area (Å²) in [6.07, 6.45) is 1.11. The molecule has 1 aliphatic rings. The molecule has 0 radical (unpaired) electrons. The van der Waals surface area contributed by atoms with Gasteiger partial charge in [0.1, 0.15) is 0 Å². The molecule has 1 saturated carbocycles. The first-order chi connectivity index (χ1) is 8.49. The topological polar surface area (TPSA) is 95.9 Å². The van der Waals surface area contributed by atoms with Crippen molar-refractivity contribution in [3.8, 4) is 0 Å². The lowest BCUT2D eigenvalue weighted by Gasteiger charge is -2.20. The molecule has 6 heteroatoms. The molecule has 1 amide bonds. The summed E-state index contributed by atoms with van der Waals surface area (Å²) in [5.74, 6) is -2.13. The molecule has 0 heterocycles. The number of hydrogen-bond donors (Lipinski definition) is 3. The third-order valence-corrected chi connectivity index (χ3v) is 3.39. The van der Waals surface area contributed by atoms with Gasteiger partial charge in [-0.05, 0) is 18.8 Å². The number of carbonyl (C=O) groups is 2. The molecule has 0 bridgehead atoms. The van der Waals surface area contributed by atoms with Crippen LogP contribution in [-0.2, 0) is 14.3 Å². The van der Waals surface area contributed by atoms with Crippen molar-refractivity contribution >= 4 is 11.9 Å². The van der Waals surface area contributed by atoms with E-state index in [9.17, 15) is 9.59 Å². The molecular weight excluding hydrogens is 238 g/mol. The zero-order valence-corrected chi connectivity index (χ0v) is 10.8. The molecule has 2 unspecified atom stereocenters. The highest BCUT2D eigenvalue weighted by Gasteiger charge is 2.41. The number of rotatable bonds is 6. The van der Waals surface area contributed by atoms with Crippen molar-refractivity contribution in [3.05, 3.63) is 0 Å². The summed E-state index contributed by atoms with van der Waals surface area (Å²) in [7, 11) is 1.48. The van der Waals surface area contributed by atoms with Gasteiger partial charge in [0.25, 0.3) is 0 Å². The summed E-state index contributed by atoms with van der Waals surface area (Å²) < 4.78 is 4.86. The molecule has 104 valence electrons. The van der Waals surface area contributed by atoms with Gasteiger partial charge >= 0.3 is 5.97 Å². The van der Waals surface area contributed by atoms with Crippen molar-refractivity contribution in [1.82, 2.24) is 5.32 Å². The van der Waals surface area contributed by atoms with E-state index in [-0.39, 0.29) is 25.0 Å². The second-order valence-corrected chi connectivity index (χ2v) is 4.97. The molecule has 6 nitrogen and oxygen atoms in total. The number of methoxy groups -OCH3 is 1. The Morgan fingerprint density at radius 2 is 2.00 bits per heavy atom. The van der Waals surface area contributed by atoms with E-state index in [1.165, 1.54) is 7.11 Å². The number of aliphatic carboxylic acids is 1. The molecular formula is C12H21NO5. The summed E-state index contributed by atoms with van der Waals surface area (Å²) in [6, 6.07) is -0.479. The van der Waals surface area contributed by atoms with Gasteiger partial charge in [-0.2, -0.15) is 0 Å². The van der Waals surface area contributed by atoms with Crippen molar-refractivity contribution in [3.63, 3.8) is 0 Å². The van der Waals surface area contributed by atoms with E-state index < -0.39 is 23.8 Å². The molecule has 0 aromatic heterocycles. The molecule has 1 fully saturated rings. The van der Waals surface area contributed by atoms with E-state index in [0.717, 1.165) is 0 Å². The Kier molecular flexibility index (Phi) is 5.55. The van der Waals surface area contributed by atoms with Gasteiger partial charge < -0.3 is 20.3 Å². The average Bonchev–Trinajstić information content (AvgIpc) is 2.71. The highest BCUT2D eigenvalue weighted by molar-refractivity contribution is 5.85. The summed E-state index contributed by atoms with van der Waals surface area (Å²) in [5.41, 5.74) is 0. The Bertz CT molecular complexity index is 307. The lowest BCUT2D eigenvalue weighted by molar-refractivity contribution is -0.146. The number of hydrogen-bond acceptors (Lipinski definition) is 4. The van der Waals surface area contributed by atoms with Crippen LogP contribution in [0.25, 0.3) is 0 Å². The van der Waals surface area contributed by atoms with Gasteiger partial charge in [0.2, 0.25) is 5.91 Å². The molecule has 3 N–H and O–H groups in total. The van der Waals surface area contributed by atoms with E-state index in [2.05, 4.69) is 5.32 Å². The van der Waals surface area contributed by atoms with Crippen molar-refractivity contribution in [2.24, 2.45) is 17.8 Å². The van der Waals surface area contributed by atoms with Gasteiger partial charge in [-0.25, -0.2) is 0 Å². The van der Waals surface area contributed by atoms with Crippen molar-refractivity contribution < 1.29 is 24.5 Å². The van der Waals surface area contributed by atoms with Crippen LogP contribution in [0.5, 0.6) is 0 Å². The Labute approximate surface area is 106 Å². The number of aliphatic hydroxyl groups excluding tert-OH is 1. The minimum atomic E-state index is -0.924. The zero-order valence-electron chi connectivity index (χ0n) is 10.8. The summed E-state index contributed by atoms with van der Waals surface area (Å²) >= 11 is 0. The molecule has 0 aliphatic heterocycles. The third-order valence-electron chi connectivity index (χ3n) is 3.39. The van der Waals surface area contributed by atoms with Crippen LogP contribution < -0.4 is 5.32 Å². The maximum absolute atomic E-state index is 12.0. The summed E-state index contributed by atoms with van der Waals surface area (Å²) in [5, 5.41) is 20.8. The van der Waals surface area contributed by atoms with E-state index in [1.807, 2.05) is 6.92 Å². The van der Waals surface area contributed by atoms with Gasteiger partial charge in [-0.3, -0.25) is 9.59 Å². The maximum Gasteiger partial charge on any atom is 0.307 e. The van der Waals surface area contributed by atoms with Crippen LogP contribution in [0.4, 0.5) is 0 Å². The van der Waals surface area contributed by atoms with Gasteiger partial charge in [0.05, 0.1) is 31.1 Å². The predicted octanol–water partition coefficient (Wildman–Crippen LogP) is -0.143. The Morgan fingerprint density at radius 1 is 1.39 bits per heavy atom. The van der Waals surface area contributed by atoms with Gasteiger partial charge in [-0.15, -0.1) is 0 Å². The lowest BCUT2D eigenvalue weighted by atomic mass is 9.95. The summed E-state index contributed by atoms with van der Waals surface area (Å²) in [4.78, 5) is 23.1. The Hall–Kier alpha value is -1.14. The van der Waals surface area contributed by atoms with E-state index in [1.54, 1.807) is 0 Å². The second-order valence-electron chi connectivity index (χ2n) is 4.97. The van der Waals surface area contributed by atoms with Gasteiger partial charge in [-0.1, -0.05) is 6.92 Å². The van der Waals surface area contributed by atoms with Crippen LogP contribution in [0, 0.1) is 17.8 Å². The standard InChI is InChI=1S/C12H21NO5/c1-7-3-9(10(4-7)12(16)17)11(15)13-8(5-14)6-18-2/h7-10,14H,3-6H2,1-2H3,(H,13,15)(H,16,17)/t7?,8?,9-,10+/m0/s1. The van der Waals surface area contributed by atoms with Crippen LogP contribution in [0.1, 0.15) is 19.8 Å². The molecule has 0 saturated heterocycles. The van der Waals surface area contributed by atoms with Gasteiger partial charge in [0.15, 0.2) is 0 Å². The Morgan fingerprint density at radius 3 is 2.50 bits per heavy atom. The molecule has 0 aromatic rings. The van der Waals surface area contributed by atoms with Crippen LogP contribution in [0.15, 0.2) is 0 Å². The van der Waals surface area contributed by atoms with Crippen LogP contribution in [0.3, 0.4) is 0 Å². The van der Waals surface area contributed by atoms with Crippen LogP contribution in [0.2, 0.25) is 0 Å². The average molecular weight is 259 g/mol. The number of nitrogens with one attached hydrogen (secondary N) is 1. The first-order valence-corrected chi connectivity index (χ1v) is 6.12. The first kappa shape index (κ1) is 14.9. The van der Waals surface area contributed by atoms with E-state index in [0.29, 0.717) is 12.8 Å². The third kappa shape index (κ3) is 3.68. The molecule has 1 aliphatic carbocycles.